The van der Waals surface area contributed by atoms with Gasteiger partial charge in [0, 0.05) is 19.4 Å². The lowest BCUT2D eigenvalue weighted by Gasteiger charge is -2.17. The van der Waals surface area contributed by atoms with Crippen LogP contribution in [0.2, 0.25) is 0 Å². The van der Waals surface area contributed by atoms with Crippen molar-refractivity contribution in [3.05, 3.63) is 0 Å². The third-order valence-corrected chi connectivity index (χ3v) is 2.71. The molecule has 0 aliphatic heterocycles. The number of unbranched alkanes of at least 4 members (excludes halogenated alkanes) is 1. The lowest BCUT2D eigenvalue weighted by Crippen LogP contribution is -2.31. The molecule has 0 saturated heterocycles. The Balaban J connectivity index is 3.93. The van der Waals surface area contributed by atoms with E-state index in [9.17, 15) is 9.59 Å². The van der Waals surface area contributed by atoms with Gasteiger partial charge in [0.2, 0.25) is 5.91 Å². The fourth-order valence-electron chi connectivity index (χ4n) is 1.93. The molecule has 0 bridgehead atoms. The molecule has 5 nitrogen and oxygen atoms in total. The molecule has 0 radical (unpaired) electrons. The Labute approximate surface area is 109 Å². The van der Waals surface area contributed by atoms with E-state index in [0.29, 0.717) is 25.4 Å². The van der Waals surface area contributed by atoms with Crippen LogP contribution in [0.5, 0.6) is 0 Å². The van der Waals surface area contributed by atoms with E-state index in [2.05, 4.69) is 19.2 Å². The molecule has 0 heterocycles. The van der Waals surface area contributed by atoms with Gasteiger partial charge >= 0.3 is 5.97 Å². The average molecular weight is 258 g/mol. The Morgan fingerprint density at radius 3 is 2.44 bits per heavy atom. The normalized spacial score (nSPS) is 12.4. The minimum atomic E-state index is -0.807. The molecule has 0 aromatic carbocycles. The van der Waals surface area contributed by atoms with Crippen molar-refractivity contribution in [3.8, 4) is 0 Å². The van der Waals surface area contributed by atoms with Gasteiger partial charge in [-0.1, -0.05) is 13.8 Å². The van der Waals surface area contributed by atoms with Crippen LogP contribution in [0.4, 0.5) is 0 Å². The number of carbonyl (C=O) groups excluding carboxylic acids is 1. The summed E-state index contributed by atoms with van der Waals surface area (Å²) in [6.07, 6.45) is 3.03. The second-order valence-corrected chi connectivity index (χ2v) is 5.14. The Bertz CT molecular complexity index is 255. The second kappa shape index (κ2) is 9.88. The van der Waals surface area contributed by atoms with E-state index in [4.69, 9.17) is 10.8 Å². The summed E-state index contributed by atoms with van der Waals surface area (Å²) in [5.41, 5.74) is 5.35. The third kappa shape index (κ3) is 10.1. The van der Waals surface area contributed by atoms with Crippen molar-refractivity contribution in [1.82, 2.24) is 5.32 Å². The number of nitrogens with one attached hydrogen (secondary N) is 1. The van der Waals surface area contributed by atoms with Gasteiger partial charge in [0.05, 0.1) is 0 Å². The minimum absolute atomic E-state index is 0.0115. The smallest absolute Gasteiger partial charge is 0.303 e. The number of amides is 1. The third-order valence-electron chi connectivity index (χ3n) is 2.71. The van der Waals surface area contributed by atoms with Gasteiger partial charge < -0.3 is 16.2 Å². The fraction of sp³-hybridized carbons (Fsp3) is 0.846. The van der Waals surface area contributed by atoms with Crippen molar-refractivity contribution in [3.63, 3.8) is 0 Å². The molecule has 0 spiro atoms. The molecule has 5 heteroatoms. The highest BCUT2D eigenvalue weighted by atomic mass is 16.4. The van der Waals surface area contributed by atoms with Gasteiger partial charge in [0.25, 0.3) is 0 Å². The van der Waals surface area contributed by atoms with Crippen LogP contribution in [0.3, 0.4) is 0 Å². The largest absolute Gasteiger partial charge is 0.481 e. The second-order valence-electron chi connectivity index (χ2n) is 5.14. The highest BCUT2D eigenvalue weighted by Gasteiger charge is 2.15. The Hall–Kier alpha value is -1.10. The standard InChI is InChI=1S/C13H26N2O3/c1-10(2)7-11(8-13(17)18)9-15-12(16)5-3-4-6-14/h10-11H,3-9,14H2,1-2H3,(H,15,16)(H,17,18)/t11-/m0/s1. The average Bonchev–Trinajstić information content (AvgIpc) is 2.25. The Morgan fingerprint density at radius 2 is 1.94 bits per heavy atom. The van der Waals surface area contributed by atoms with Crippen LogP contribution in [0.1, 0.15) is 46.0 Å². The Kier molecular flexibility index (Phi) is 9.28. The lowest BCUT2D eigenvalue weighted by molar-refractivity contribution is -0.138. The first-order valence-corrected chi connectivity index (χ1v) is 6.64. The molecule has 0 aliphatic rings. The summed E-state index contributed by atoms with van der Waals surface area (Å²) in [7, 11) is 0. The van der Waals surface area contributed by atoms with Crippen LogP contribution >= 0.6 is 0 Å². The van der Waals surface area contributed by atoms with E-state index in [0.717, 1.165) is 19.3 Å². The molecule has 18 heavy (non-hydrogen) atoms. The van der Waals surface area contributed by atoms with Gasteiger partial charge in [-0.15, -0.1) is 0 Å². The molecule has 0 unspecified atom stereocenters. The van der Waals surface area contributed by atoms with Crippen LogP contribution in [-0.2, 0) is 9.59 Å². The monoisotopic (exact) mass is 258 g/mol. The number of aliphatic carboxylic acids is 1. The predicted molar refractivity (Wildman–Crippen MR) is 71.1 cm³/mol. The van der Waals surface area contributed by atoms with E-state index < -0.39 is 5.97 Å². The SMILES string of the molecule is CC(C)C[C@H](CNC(=O)CCCCN)CC(=O)O. The molecular formula is C13H26N2O3. The van der Waals surface area contributed by atoms with Crippen LogP contribution in [0, 0.1) is 11.8 Å². The molecule has 0 aromatic heterocycles. The molecule has 0 fully saturated rings. The molecule has 0 rings (SSSR count). The van der Waals surface area contributed by atoms with Gasteiger partial charge in [-0.2, -0.15) is 0 Å². The molecule has 0 saturated carbocycles. The van der Waals surface area contributed by atoms with Gasteiger partial charge in [-0.05, 0) is 37.6 Å². The quantitative estimate of drug-likeness (QED) is 0.516. The highest BCUT2D eigenvalue weighted by molar-refractivity contribution is 5.75. The molecule has 0 aromatic rings. The van der Waals surface area contributed by atoms with Crippen LogP contribution < -0.4 is 11.1 Å². The number of rotatable bonds is 10. The lowest BCUT2D eigenvalue weighted by atomic mass is 9.94. The topological polar surface area (TPSA) is 92.4 Å². The summed E-state index contributed by atoms with van der Waals surface area (Å²) in [4.78, 5) is 22.2. The summed E-state index contributed by atoms with van der Waals surface area (Å²) in [6.45, 7) is 5.16. The van der Waals surface area contributed by atoms with Crippen LogP contribution in [0.25, 0.3) is 0 Å². The van der Waals surface area contributed by atoms with Crippen molar-refractivity contribution >= 4 is 11.9 Å². The maximum atomic E-state index is 11.5. The fourth-order valence-corrected chi connectivity index (χ4v) is 1.93. The van der Waals surface area contributed by atoms with Gasteiger partial charge in [-0.25, -0.2) is 0 Å². The summed E-state index contributed by atoms with van der Waals surface area (Å²) in [5.74, 6) is -0.370. The van der Waals surface area contributed by atoms with Crippen LogP contribution in [0.15, 0.2) is 0 Å². The number of hydrogen-bond acceptors (Lipinski definition) is 3. The molecule has 4 N–H and O–H groups in total. The van der Waals surface area contributed by atoms with Crippen molar-refractivity contribution in [1.29, 1.82) is 0 Å². The van der Waals surface area contributed by atoms with E-state index in [1.54, 1.807) is 0 Å². The Morgan fingerprint density at radius 1 is 1.28 bits per heavy atom. The van der Waals surface area contributed by atoms with Crippen molar-refractivity contribution in [2.45, 2.75) is 46.0 Å². The molecule has 0 aliphatic carbocycles. The number of nitrogens with two attached hydrogens (primary N) is 1. The zero-order chi connectivity index (χ0) is 14.0. The summed E-state index contributed by atoms with van der Waals surface area (Å²) >= 11 is 0. The summed E-state index contributed by atoms with van der Waals surface area (Å²) in [5, 5.41) is 11.6. The van der Waals surface area contributed by atoms with Gasteiger partial charge in [-0.3, -0.25) is 9.59 Å². The maximum Gasteiger partial charge on any atom is 0.303 e. The van der Waals surface area contributed by atoms with Gasteiger partial charge in [0.1, 0.15) is 0 Å². The summed E-state index contributed by atoms with van der Waals surface area (Å²) in [6, 6.07) is 0. The van der Waals surface area contributed by atoms with E-state index in [-0.39, 0.29) is 18.2 Å². The first-order valence-electron chi connectivity index (χ1n) is 6.64. The van der Waals surface area contributed by atoms with E-state index >= 15 is 0 Å². The molecule has 1 atom stereocenters. The number of carboxylic acids is 1. The molecule has 1 amide bonds. The maximum absolute atomic E-state index is 11.5. The number of carbonyl (C=O) groups is 2. The van der Waals surface area contributed by atoms with Crippen LogP contribution in [-0.4, -0.2) is 30.1 Å². The highest BCUT2D eigenvalue weighted by Crippen LogP contribution is 2.14. The molecule has 106 valence electrons. The first kappa shape index (κ1) is 16.9. The molecular weight excluding hydrogens is 232 g/mol. The van der Waals surface area contributed by atoms with Crippen molar-refractivity contribution in [2.75, 3.05) is 13.1 Å². The van der Waals surface area contributed by atoms with E-state index in [1.807, 2.05) is 0 Å². The minimum Gasteiger partial charge on any atom is -0.481 e. The zero-order valence-electron chi connectivity index (χ0n) is 11.4. The number of carboxylic acid groups (broad SMARTS) is 1. The first-order chi connectivity index (χ1) is 8.45. The van der Waals surface area contributed by atoms with Crippen molar-refractivity contribution < 1.29 is 14.7 Å². The number of hydrogen-bond donors (Lipinski definition) is 3. The van der Waals surface area contributed by atoms with E-state index in [1.165, 1.54) is 0 Å². The van der Waals surface area contributed by atoms with Crippen molar-refractivity contribution in [2.24, 2.45) is 17.6 Å². The predicted octanol–water partition coefficient (Wildman–Crippen LogP) is 1.37. The van der Waals surface area contributed by atoms with Gasteiger partial charge in [0.15, 0.2) is 0 Å². The summed E-state index contributed by atoms with van der Waals surface area (Å²) < 4.78 is 0. The zero-order valence-corrected chi connectivity index (χ0v) is 11.4.